The molecule has 6 nitrogen and oxygen atoms in total. The zero-order valence-corrected chi connectivity index (χ0v) is 15.6. The Labute approximate surface area is 162 Å². The summed E-state index contributed by atoms with van der Waals surface area (Å²) in [6.07, 6.45) is 0. The Morgan fingerprint density at radius 1 is 0.893 bits per heavy atom. The Morgan fingerprint density at radius 2 is 1.71 bits per heavy atom. The van der Waals surface area contributed by atoms with Crippen molar-refractivity contribution < 1.29 is 14.0 Å². The zero-order valence-electron chi connectivity index (χ0n) is 15.6. The van der Waals surface area contributed by atoms with Gasteiger partial charge in [0.2, 0.25) is 11.7 Å². The number of benzene rings is 2. The van der Waals surface area contributed by atoms with E-state index in [0.717, 1.165) is 22.6 Å². The van der Waals surface area contributed by atoms with Crippen molar-refractivity contribution in [3.8, 4) is 45.7 Å². The Morgan fingerprint density at radius 3 is 2.50 bits per heavy atom. The predicted molar refractivity (Wildman–Crippen MR) is 106 cm³/mol. The molecule has 0 spiro atoms. The van der Waals surface area contributed by atoms with Crippen LogP contribution in [0.3, 0.4) is 0 Å². The van der Waals surface area contributed by atoms with Crippen LogP contribution < -0.4 is 9.47 Å². The molecule has 0 aliphatic carbocycles. The Hall–Kier alpha value is -3.67. The van der Waals surface area contributed by atoms with E-state index in [1.165, 1.54) is 0 Å². The zero-order chi connectivity index (χ0) is 19.3. The van der Waals surface area contributed by atoms with Crippen molar-refractivity contribution in [2.24, 2.45) is 0 Å². The van der Waals surface area contributed by atoms with Gasteiger partial charge in [-0.05, 0) is 37.3 Å². The first-order chi connectivity index (χ1) is 13.8. The lowest BCUT2D eigenvalue weighted by Crippen LogP contribution is -1.99. The summed E-state index contributed by atoms with van der Waals surface area (Å²) < 4.78 is 16.5. The van der Waals surface area contributed by atoms with Gasteiger partial charge in [0.05, 0.1) is 25.0 Å². The van der Waals surface area contributed by atoms with Crippen LogP contribution in [-0.2, 0) is 0 Å². The van der Waals surface area contributed by atoms with Gasteiger partial charge in [-0.3, -0.25) is 0 Å². The molecule has 0 aliphatic heterocycles. The fraction of sp³-hybridized carbons (Fsp3) is 0.136. The second-order valence-corrected chi connectivity index (χ2v) is 6.00. The number of hydrogen-bond acceptors (Lipinski definition) is 6. The van der Waals surface area contributed by atoms with E-state index in [1.807, 2.05) is 73.7 Å². The molecule has 28 heavy (non-hydrogen) atoms. The van der Waals surface area contributed by atoms with Crippen molar-refractivity contribution in [3.05, 3.63) is 66.7 Å². The smallest absolute Gasteiger partial charge is 0.258 e. The highest BCUT2D eigenvalue weighted by Crippen LogP contribution is 2.31. The molecule has 6 heteroatoms. The number of nitrogens with zero attached hydrogens (tertiary/aromatic N) is 3. The SMILES string of the molecule is CCOc1nc(-c2ccccc2)ccc1-c1noc(-c2cccc(OC)c2)n1. The molecule has 0 N–H and O–H groups in total. The molecule has 0 saturated heterocycles. The van der Waals surface area contributed by atoms with Gasteiger partial charge in [-0.25, -0.2) is 4.98 Å². The van der Waals surface area contributed by atoms with Crippen LogP contribution in [-0.4, -0.2) is 28.8 Å². The lowest BCUT2D eigenvalue weighted by atomic mass is 10.1. The number of pyridine rings is 1. The van der Waals surface area contributed by atoms with Crippen molar-refractivity contribution in [1.29, 1.82) is 0 Å². The van der Waals surface area contributed by atoms with Crippen molar-refractivity contribution in [2.75, 3.05) is 13.7 Å². The molecule has 140 valence electrons. The highest BCUT2D eigenvalue weighted by molar-refractivity contribution is 5.69. The van der Waals surface area contributed by atoms with Gasteiger partial charge in [0.15, 0.2) is 0 Å². The molecule has 0 amide bonds. The topological polar surface area (TPSA) is 70.3 Å². The lowest BCUT2D eigenvalue weighted by molar-refractivity contribution is 0.328. The molecule has 2 aromatic heterocycles. The van der Waals surface area contributed by atoms with Gasteiger partial charge >= 0.3 is 0 Å². The third kappa shape index (κ3) is 3.57. The summed E-state index contributed by atoms with van der Waals surface area (Å²) in [5.74, 6) is 2.03. The molecule has 2 aromatic carbocycles. The van der Waals surface area contributed by atoms with Gasteiger partial charge in [-0.2, -0.15) is 4.98 Å². The standard InChI is InChI=1S/C22H19N3O3/c1-3-27-22-18(12-13-19(23-22)15-8-5-4-6-9-15)20-24-21(28-25-20)16-10-7-11-17(14-16)26-2/h4-14H,3H2,1-2H3. The molecule has 4 aromatic rings. The number of hydrogen-bond donors (Lipinski definition) is 0. The third-order valence-electron chi connectivity index (χ3n) is 4.19. The number of rotatable bonds is 6. The van der Waals surface area contributed by atoms with Crippen LogP contribution >= 0.6 is 0 Å². The number of methoxy groups -OCH3 is 1. The summed E-state index contributed by atoms with van der Waals surface area (Å²) >= 11 is 0. The largest absolute Gasteiger partial charge is 0.497 e. The van der Waals surface area contributed by atoms with Gasteiger partial charge in [0.25, 0.3) is 5.89 Å². The highest BCUT2D eigenvalue weighted by Gasteiger charge is 2.17. The molecule has 0 saturated carbocycles. The van der Waals surface area contributed by atoms with Gasteiger partial charge in [0.1, 0.15) is 5.75 Å². The second kappa shape index (κ2) is 7.92. The summed E-state index contributed by atoms with van der Waals surface area (Å²) in [5.41, 5.74) is 3.30. The fourth-order valence-corrected chi connectivity index (χ4v) is 2.83. The van der Waals surface area contributed by atoms with E-state index in [2.05, 4.69) is 15.1 Å². The molecule has 0 fully saturated rings. The predicted octanol–water partition coefficient (Wildman–Crippen LogP) is 4.87. The van der Waals surface area contributed by atoms with Crippen molar-refractivity contribution in [3.63, 3.8) is 0 Å². The van der Waals surface area contributed by atoms with Crippen LogP contribution in [0.25, 0.3) is 34.1 Å². The Balaban J connectivity index is 1.71. The number of aromatic nitrogens is 3. The summed E-state index contributed by atoms with van der Waals surface area (Å²) in [6.45, 7) is 2.40. The summed E-state index contributed by atoms with van der Waals surface area (Å²) in [4.78, 5) is 9.17. The first-order valence-electron chi connectivity index (χ1n) is 8.96. The average Bonchev–Trinajstić information content (AvgIpc) is 3.25. The molecule has 0 radical (unpaired) electrons. The van der Waals surface area contributed by atoms with Gasteiger partial charge in [-0.15, -0.1) is 0 Å². The Kier molecular flexibility index (Phi) is 5.01. The van der Waals surface area contributed by atoms with Crippen molar-refractivity contribution >= 4 is 0 Å². The van der Waals surface area contributed by atoms with Crippen LogP contribution in [0.1, 0.15) is 6.92 Å². The maximum atomic E-state index is 5.75. The fourth-order valence-electron chi connectivity index (χ4n) is 2.83. The van der Waals surface area contributed by atoms with Crippen LogP contribution in [0.15, 0.2) is 71.3 Å². The highest BCUT2D eigenvalue weighted by atomic mass is 16.5. The molecular formula is C22H19N3O3. The summed E-state index contributed by atoms with van der Waals surface area (Å²) in [5, 5.41) is 4.12. The monoisotopic (exact) mass is 373 g/mol. The van der Waals surface area contributed by atoms with E-state index in [0.29, 0.717) is 29.8 Å². The van der Waals surface area contributed by atoms with Crippen LogP contribution in [0.4, 0.5) is 0 Å². The van der Waals surface area contributed by atoms with Crippen molar-refractivity contribution in [2.45, 2.75) is 6.92 Å². The van der Waals surface area contributed by atoms with Crippen molar-refractivity contribution in [1.82, 2.24) is 15.1 Å². The normalized spacial score (nSPS) is 10.6. The molecule has 0 atom stereocenters. The molecule has 0 bridgehead atoms. The summed E-state index contributed by atoms with van der Waals surface area (Å²) in [7, 11) is 1.62. The molecule has 4 rings (SSSR count). The second-order valence-electron chi connectivity index (χ2n) is 6.00. The van der Waals surface area contributed by atoms with E-state index >= 15 is 0 Å². The lowest BCUT2D eigenvalue weighted by Gasteiger charge is -2.09. The van der Waals surface area contributed by atoms with E-state index in [9.17, 15) is 0 Å². The van der Waals surface area contributed by atoms with Gasteiger partial charge < -0.3 is 14.0 Å². The number of ether oxygens (including phenoxy) is 2. The van der Waals surface area contributed by atoms with E-state index < -0.39 is 0 Å². The van der Waals surface area contributed by atoms with Gasteiger partial charge in [-0.1, -0.05) is 41.6 Å². The average molecular weight is 373 g/mol. The minimum atomic E-state index is 0.406. The molecule has 0 unspecified atom stereocenters. The van der Waals surface area contributed by atoms with E-state index in [1.54, 1.807) is 7.11 Å². The minimum absolute atomic E-state index is 0.406. The quantitative estimate of drug-likeness (QED) is 0.480. The van der Waals surface area contributed by atoms with Crippen LogP contribution in [0, 0.1) is 0 Å². The molecular weight excluding hydrogens is 354 g/mol. The maximum absolute atomic E-state index is 5.75. The van der Waals surface area contributed by atoms with E-state index in [4.69, 9.17) is 14.0 Å². The molecule has 2 heterocycles. The minimum Gasteiger partial charge on any atom is -0.497 e. The first kappa shape index (κ1) is 17.7. The first-order valence-corrected chi connectivity index (χ1v) is 8.96. The maximum Gasteiger partial charge on any atom is 0.258 e. The van der Waals surface area contributed by atoms with E-state index in [-0.39, 0.29) is 0 Å². The Bertz CT molecular complexity index is 1080. The molecule has 0 aliphatic rings. The third-order valence-corrected chi connectivity index (χ3v) is 4.19. The van der Waals surface area contributed by atoms with Crippen LogP contribution in [0.2, 0.25) is 0 Å². The van der Waals surface area contributed by atoms with Gasteiger partial charge in [0, 0.05) is 11.1 Å². The summed E-state index contributed by atoms with van der Waals surface area (Å²) in [6, 6.07) is 21.2. The van der Waals surface area contributed by atoms with Crippen LogP contribution in [0.5, 0.6) is 11.6 Å².